The molecule has 0 saturated heterocycles. The molecule has 0 radical (unpaired) electrons. The number of rotatable bonds is 7. The number of carbonyl (C=O) groups excluding carboxylic acids is 1. The summed E-state index contributed by atoms with van der Waals surface area (Å²) < 4.78 is 37.0. The molecule has 4 rings (SSSR count). The van der Waals surface area contributed by atoms with E-state index in [0.717, 1.165) is 0 Å². The van der Waals surface area contributed by atoms with Gasteiger partial charge in [-0.2, -0.15) is 8.42 Å². The van der Waals surface area contributed by atoms with Gasteiger partial charge < -0.3 is 30.6 Å². The predicted molar refractivity (Wildman–Crippen MR) is 143 cm³/mol. The van der Waals surface area contributed by atoms with E-state index in [1.165, 1.54) is 0 Å². The second-order valence-corrected chi connectivity index (χ2v) is 15.2. The molecule has 16 atom stereocenters. The molecule has 4 aliphatic rings. The van der Waals surface area contributed by atoms with E-state index < -0.39 is 93.5 Å². The smallest absolute Gasteiger partial charge is 0.390 e. The largest absolute Gasteiger partial charge is 0.397 e. The van der Waals surface area contributed by atoms with Gasteiger partial charge in [-0.1, -0.05) is 41.5 Å². The average Bonchev–Trinajstić information content (AvgIpc) is 3.12. The first-order valence-electron chi connectivity index (χ1n) is 14.5. The molecular weight excluding hydrogens is 544 g/mol. The molecule has 0 unspecified atom stereocenters. The van der Waals surface area contributed by atoms with Crippen molar-refractivity contribution in [2.24, 2.45) is 58.2 Å². The van der Waals surface area contributed by atoms with Crippen LogP contribution in [0.1, 0.15) is 67.2 Å². The highest BCUT2D eigenvalue weighted by molar-refractivity contribution is 7.80. The SMILES string of the molecule is CC(C)[C@H](C)[C@@H](O)[C@H](O)[C@@H](C)[C@H]1CC(=O)[C@H]2[C@@H]3[C@@H](O)[C@H](O)[C@H]4[C@H](O)[C@H](O)[C@@H](OS(=O)(=O)O)C[C@]4(C)[C@H]3CC[C@]12C. The number of aliphatic hydroxyl groups is 6. The van der Waals surface area contributed by atoms with E-state index >= 15 is 0 Å². The maximum atomic E-state index is 13.7. The molecule has 0 aromatic heterocycles. The van der Waals surface area contributed by atoms with E-state index in [2.05, 4.69) is 0 Å². The van der Waals surface area contributed by atoms with Gasteiger partial charge in [-0.15, -0.1) is 0 Å². The zero-order valence-electron chi connectivity index (χ0n) is 24.2. The Bertz CT molecular complexity index is 1070. The van der Waals surface area contributed by atoms with Gasteiger partial charge in [-0.05, 0) is 59.7 Å². The molecule has 11 nitrogen and oxygen atoms in total. The van der Waals surface area contributed by atoms with E-state index in [1.807, 2.05) is 34.6 Å². The monoisotopic (exact) mass is 592 g/mol. The number of fused-ring (bicyclic) bond motifs is 5. The lowest BCUT2D eigenvalue weighted by molar-refractivity contribution is -0.264. The standard InChI is InChI=1S/C28H48O11S/c1-11(2)12(3)21(30)22(31)13(4)15-9-16(29)19-18-14(7-8-27(15,19)5)28(6)10-17(39-40(36,37)38)23(32)25(34)20(28)26(35)24(18)33/h11-15,17-26,30-35H,7-10H2,1-6H3,(H,36,37,38)/t12-,13-,14-,15+,17-,18+,19-,20+,21+,22+,23+,24+,25-,26+,27+,28+/m0/s1. The lowest BCUT2D eigenvalue weighted by Gasteiger charge is -2.64. The molecule has 0 aliphatic heterocycles. The molecule has 12 heteroatoms. The molecule has 0 spiro atoms. The highest BCUT2D eigenvalue weighted by Crippen LogP contribution is 2.67. The fourth-order valence-electron chi connectivity index (χ4n) is 9.50. The molecule has 0 aromatic carbocycles. The van der Waals surface area contributed by atoms with Crippen molar-refractivity contribution in [3.05, 3.63) is 0 Å². The first kappa shape index (κ1) is 32.2. The van der Waals surface area contributed by atoms with Crippen molar-refractivity contribution in [2.75, 3.05) is 0 Å². The summed E-state index contributed by atoms with van der Waals surface area (Å²) in [5.41, 5.74) is -1.68. The number of aliphatic hydroxyl groups excluding tert-OH is 6. The maximum absolute atomic E-state index is 13.7. The first-order valence-corrected chi connectivity index (χ1v) is 15.9. The van der Waals surface area contributed by atoms with Crippen molar-refractivity contribution in [3.8, 4) is 0 Å². The molecule has 0 bridgehead atoms. The van der Waals surface area contributed by atoms with Crippen molar-refractivity contribution in [3.63, 3.8) is 0 Å². The summed E-state index contributed by atoms with van der Waals surface area (Å²) in [5, 5.41) is 66.4. The second-order valence-electron chi connectivity index (χ2n) is 14.2. The Balaban J connectivity index is 1.68. The summed E-state index contributed by atoms with van der Waals surface area (Å²) in [7, 11) is -4.96. The molecule has 7 N–H and O–H groups in total. The molecule has 232 valence electrons. The molecule has 4 saturated carbocycles. The van der Waals surface area contributed by atoms with Gasteiger partial charge in [0.1, 0.15) is 18.0 Å². The van der Waals surface area contributed by atoms with Crippen molar-refractivity contribution in [1.82, 2.24) is 0 Å². The summed E-state index contributed by atoms with van der Waals surface area (Å²) >= 11 is 0. The van der Waals surface area contributed by atoms with Gasteiger partial charge in [0.2, 0.25) is 0 Å². The third kappa shape index (κ3) is 4.98. The lowest BCUT2D eigenvalue weighted by Crippen LogP contribution is -2.70. The van der Waals surface area contributed by atoms with Crippen molar-refractivity contribution >= 4 is 16.2 Å². The molecule has 0 aromatic rings. The van der Waals surface area contributed by atoms with Crippen molar-refractivity contribution in [2.45, 2.75) is 110 Å². The van der Waals surface area contributed by atoms with E-state index in [0.29, 0.717) is 12.8 Å². The summed E-state index contributed by atoms with van der Waals surface area (Å²) in [6.45, 7) is 11.4. The quantitative estimate of drug-likeness (QED) is 0.203. The molecule has 4 fully saturated rings. The predicted octanol–water partition coefficient (Wildman–Crippen LogP) is 0.546. The third-order valence-electron chi connectivity index (χ3n) is 12.0. The van der Waals surface area contributed by atoms with E-state index in [4.69, 9.17) is 4.18 Å². The van der Waals surface area contributed by atoms with Crippen LogP contribution >= 0.6 is 0 Å². The Labute approximate surface area is 236 Å². The second kappa shape index (κ2) is 10.8. The van der Waals surface area contributed by atoms with Crippen LogP contribution in [0.15, 0.2) is 0 Å². The van der Waals surface area contributed by atoms with Gasteiger partial charge >= 0.3 is 10.4 Å². The van der Waals surface area contributed by atoms with E-state index in [9.17, 15) is 48.4 Å². The summed E-state index contributed by atoms with van der Waals surface area (Å²) in [5.74, 6) is -3.65. The highest BCUT2D eigenvalue weighted by Gasteiger charge is 2.70. The number of carbonyl (C=O) groups is 1. The van der Waals surface area contributed by atoms with Crippen LogP contribution in [0, 0.1) is 58.2 Å². The van der Waals surface area contributed by atoms with Gasteiger partial charge in [0.05, 0.1) is 30.5 Å². The maximum Gasteiger partial charge on any atom is 0.397 e. The van der Waals surface area contributed by atoms with Crippen LogP contribution in [-0.4, -0.2) is 92.1 Å². The van der Waals surface area contributed by atoms with Crippen LogP contribution in [-0.2, 0) is 19.4 Å². The fourth-order valence-corrected chi connectivity index (χ4v) is 9.99. The summed E-state index contributed by atoms with van der Waals surface area (Å²) in [4.78, 5) is 13.7. The van der Waals surface area contributed by atoms with Gasteiger partial charge in [0, 0.05) is 24.2 Å². The van der Waals surface area contributed by atoms with E-state index in [-0.39, 0.29) is 36.4 Å². The Morgan fingerprint density at radius 1 is 0.900 bits per heavy atom. The Hall–Kier alpha value is -0.700. The summed E-state index contributed by atoms with van der Waals surface area (Å²) in [6.07, 6.45) is -8.72. The van der Waals surface area contributed by atoms with Gasteiger partial charge in [0.15, 0.2) is 0 Å². The lowest BCUT2D eigenvalue weighted by atomic mass is 9.42. The van der Waals surface area contributed by atoms with Gasteiger partial charge in [-0.25, -0.2) is 4.18 Å². The van der Waals surface area contributed by atoms with Crippen molar-refractivity contribution in [1.29, 1.82) is 0 Å². The van der Waals surface area contributed by atoms with Gasteiger partial charge in [0.25, 0.3) is 0 Å². The minimum atomic E-state index is -4.96. The number of Topliss-reactive ketones (excluding diaryl/α,β-unsaturated/α-hetero) is 1. The number of hydrogen-bond acceptors (Lipinski definition) is 10. The first-order chi connectivity index (χ1) is 18.3. The Kier molecular flexibility index (Phi) is 8.68. The molecule has 0 amide bonds. The van der Waals surface area contributed by atoms with Crippen molar-refractivity contribution < 1.29 is 52.6 Å². The Morgan fingerprint density at radius 2 is 1.48 bits per heavy atom. The highest BCUT2D eigenvalue weighted by atomic mass is 32.3. The number of hydrogen-bond donors (Lipinski definition) is 7. The van der Waals surface area contributed by atoms with Crippen LogP contribution in [0.2, 0.25) is 0 Å². The van der Waals surface area contributed by atoms with Crippen LogP contribution in [0.4, 0.5) is 0 Å². The zero-order chi connectivity index (χ0) is 30.3. The third-order valence-corrected chi connectivity index (χ3v) is 12.5. The van der Waals surface area contributed by atoms with Gasteiger partial charge in [-0.3, -0.25) is 9.35 Å². The molecule has 40 heavy (non-hydrogen) atoms. The molecular formula is C28H48O11S. The fraction of sp³-hybridized carbons (Fsp3) is 0.964. The van der Waals surface area contributed by atoms with E-state index in [1.54, 1.807) is 6.92 Å². The minimum Gasteiger partial charge on any atom is -0.390 e. The normalized spacial score (nSPS) is 48.6. The minimum absolute atomic E-state index is 0.0944. The van der Waals surface area contributed by atoms with Crippen LogP contribution in [0.25, 0.3) is 0 Å². The van der Waals surface area contributed by atoms with Crippen LogP contribution in [0.3, 0.4) is 0 Å². The zero-order valence-corrected chi connectivity index (χ0v) is 25.0. The van der Waals surface area contributed by atoms with Crippen LogP contribution < -0.4 is 0 Å². The molecule has 0 heterocycles. The molecule has 4 aliphatic carbocycles. The Morgan fingerprint density at radius 3 is 2.02 bits per heavy atom. The summed E-state index contributed by atoms with van der Waals surface area (Å²) in [6, 6.07) is 0. The van der Waals surface area contributed by atoms with Crippen LogP contribution in [0.5, 0.6) is 0 Å². The average molecular weight is 593 g/mol. The topological polar surface area (TPSA) is 202 Å². The number of ketones is 1.